The highest BCUT2D eigenvalue weighted by molar-refractivity contribution is 5.94. The van der Waals surface area contributed by atoms with Gasteiger partial charge in [-0.05, 0) is 49.2 Å². The number of para-hydroxylation sites is 1. The first-order chi connectivity index (χ1) is 17.1. The Morgan fingerprint density at radius 1 is 1.09 bits per heavy atom. The maximum Gasteiger partial charge on any atom is 0.257 e. The zero-order valence-electron chi connectivity index (χ0n) is 19.6. The largest absolute Gasteiger partial charge is 0.497 e. The summed E-state index contributed by atoms with van der Waals surface area (Å²) in [5.74, 6) is 2.69. The van der Waals surface area contributed by atoms with Crippen molar-refractivity contribution in [3.63, 3.8) is 0 Å². The maximum absolute atomic E-state index is 11.4. The molecule has 10 nitrogen and oxygen atoms in total. The lowest BCUT2D eigenvalue weighted by Crippen LogP contribution is -2.12. The van der Waals surface area contributed by atoms with Gasteiger partial charge < -0.3 is 25.2 Å². The van der Waals surface area contributed by atoms with Crippen molar-refractivity contribution >= 4 is 34.1 Å². The molecular weight excluding hydrogens is 448 g/mol. The van der Waals surface area contributed by atoms with Gasteiger partial charge >= 0.3 is 0 Å². The number of aliphatic hydroxyl groups is 1. The Labute approximate surface area is 202 Å². The number of aromatic nitrogens is 4. The number of methoxy groups -OCH3 is 2. The first-order valence-corrected chi connectivity index (χ1v) is 11.3. The molecule has 182 valence electrons. The van der Waals surface area contributed by atoms with Crippen molar-refractivity contribution in [3.8, 4) is 11.6 Å². The van der Waals surface area contributed by atoms with Crippen molar-refractivity contribution in [3.05, 3.63) is 60.4 Å². The van der Waals surface area contributed by atoms with E-state index in [9.17, 15) is 4.79 Å². The van der Waals surface area contributed by atoms with E-state index < -0.39 is 0 Å². The smallest absolute Gasteiger partial charge is 0.257 e. The Hall–Kier alpha value is -4.18. The van der Waals surface area contributed by atoms with Gasteiger partial charge in [0.25, 0.3) is 5.88 Å². The molecule has 1 amide bonds. The third kappa shape index (κ3) is 6.24. The number of fused-ring (bicyclic) bond motifs is 1. The van der Waals surface area contributed by atoms with Crippen LogP contribution < -0.4 is 20.1 Å². The number of rotatable bonds is 8. The Balaban J connectivity index is 0.000000179. The SMILES string of the molecule is COc1ccc(NC(=O)C2CC2)cc1.COc1nc(CCO)cnc1Nc1n[nH]c2ccccc12. The van der Waals surface area contributed by atoms with Crippen LogP contribution in [0.2, 0.25) is 0 Å². The van der Waals surface area contributed by atoms with E-state index in [1.807, 2.05) is 48.5 Å². The third-order valence-corrected chi connectivity index (χ3v) is 5.36. The summed E-state index contributed by atoms with van der Waals surface area (Å²) in [6.45, 7) is 0.0224. The molecule has 0 unspecified atom stereocenters. The van der Waals surface area contributed by atoms with Crippen molar-refractivity contribution < 1.29 is 19.4 Å². The zero-order chi connectivity index (χ0) is 24.6. The van der Waals surface area contributed by atoms with Gasteiger partial charge in [0.2, 0.25) is 5.91 Å². The highest BCUT2D eigenvalue weighted by Gasteiger charge is 2.29. The van der Waals surface area contributed by atoms with Crippen LogP contribution >= 0.6 is 0 Å². The molecule has 0 atom stereocenters. The molecule has 0 saturated heterocycles. The maximum atomic E-state index is 11.4. The van der Waals surface area contributed by atoms with Gasteiger partial charge in [-0.3, -0.25) is 9.89 Å². The normalized spacial score (nSPS) is 12.4. The fraction of sp³-hybridized carbons (Fsp3) is 0.280. The summed E-state index contributed by atoms with van der Waals surface area (Å²) in [5.41, 5.74) is 2.44. The van der Waals surface area contributed by atoms with Crippen LogP contribution in [0.25, 0.3) is 10.9 Å². The summed E-state index contributed by atoms with van der Waals surface area (Å²) in [5, 5.41) is 23.0. The molecule has 4 aromatic rings. The van der Waals surface area contributed by atoms with E-state index in [0.29, 0.717) is 29.6 Å². The number of carbonyl (C=O) groups is 1. The molecule has 0 bridgehead atoms. The first-order valence-electron chi connectivity index (χ1n) is 11.3. The lowest BCUT2D eigenvalue weighted by molar-refractivity contribution is -0.117. The fourth-order valence-electron chi connectivity index (χ4n) is 3.30. The van der Waals surface area contributed by atoms with Gasteiger partial charge in [-0.15, -0.1) is 0 Å². The molecule has 0 aliphatic heterocycles. The van der Waals surface area contributed by atoms with E-state index in [4.69, 9.17) is 14.6 Å². The Morgan fingerprint density at radius 2 is 1.86 bits per heavy atom. The van der Waals surface area contributed by atoms with E-state index in [2.05, 4.69) is 30.8 Å². The molecule has 1 aliphatic rings. The molecular formula is C25H28N6O4. The molecule has 1 saturated carbocycles. The number of amides is 1. The predicted molar refractivity (Wildman–Crippen MR) is 133 cm³/mol. The second kappa shape index (κ2) is 11.3. The van der Waals surface area contributed by atoms with Crippen LogP contribution in [0.1, 0.15) is 18.5 Å². The molecule has 2 heterocycles. The number of hydrogen-bond donors (Lipinski definition) is 4. The number of ether oxygens (including phenoxy) is 2. The zero-order valence-corrected chi connectivity index (χ0v) is 19.6. The van der Waals surface area contributed by atoms with Crippen LogP contribution in [0.15, 0.2) is 54.7 Å². The second-order valence-electron chi connectivity index (χ2n) is 7.93. The topological polar surface area (TPSA) is 134 Å². The van der Waals surface area contributed by atoms with Gasteiger partial charge in [-0.25, -0.2) is 9.97 Å². The number of benzene rings is 2. The average molecular weight is 477 g/mol. The summed E-state index contributed by atoms with van der Waals surface area (Å²) in [6, 6.07) is 15.1. The van der Waals surface area contributed by atoms with E-state index in [1.165, 1.54) is 7.11 Å². The predicted octanol–water partition coefficient (Wildman–Crippen LogP) is 3.68. The highest BCUT2D eigenvalue weighted by atomic mass is 16.5. The Morgan fingerprint density at radius 3 is 2.54 bits per heavy atom. The van der Waals surface area contributed by atoms with Crippen LogP contribution in [0.4, 0.5) is 17.3 Å². The average Bonchev–Trinajstić information content (AvgIpc) is 3.67. The van der Waals surface area contributed by atoms with E-state index in [1.54, 1.807) is 13.3 Å². The highest BCUT2D eigenvalue weighted by Crippen LogP contribution is 2.30. The number of nitrogens with zero attached hydrogens (tertiary/aromatic N) is 3. The fourth-order valence-corrected chi connectivity index (χ4v) is 3.30. The number of aromatic amines is 1. The lowest BCUT2D eigenvalue weighted by atomic mass is 10.2. The summed E-state index contributed by atoms with van der Waals surface area (Å²) < 4.78 is 10.3. The van der Waals surface area contributed by atoms with Gasteiger partial charge in [0, 0.05) is 30.0 Å². The van der Waals surface area contributed by atoms with Gasteiger partial charge in [0.1, 0.15) is 5.75 Å². The van der Waals surface area contributed by atoms with Gasteiger partial charge in [-0.2, -0.15) is 5.10 Å². The molecule has 10 heteroatoms. The van der Waals surface area contributed by atoms with E-state index in [0.717, 1.165) is 35.2 Å². The molecule has 1 fully saturated rings. The summed E-state index contributed by atoms with van der Waals surface area (Å²) >= 11 is 0. The van der Waals surface area contributed by atoms with E-state index in [-0.39, 0.29) is 18.4 Å². The van der Waals surface area contributed by atoms with Gasteiger partial charge in [-0.1, -0.05) is 12.1 Å². The van der Waals surface area contributed by atoms with Crippen LogP contribution in [-0.4, -0.2) is 52.0 Å². The first kappa shape index (κ1) is 24.0. The number of aliphatic hydroxyl groups excluding tert-OH is 1. The molecule has 5 rings (SSSR count). The summed E-state index contributed by atoms with van der Waals surface area (Å²) in [4.78, 5) is 20.0. The number of anilines is 3. The third-order valence-electron chi connectivity index (χ3n) is 5.36. The van der Waals surface area contributed by atoms with Crippen molar-refractivity contribution in [1.82, 2.24) is 20.2 Å². The molecule has 2 aromatic heterocycles. The van der Waals surface area contributed by atoms with Gasteiger partial charge in [0.05, 0.1) is 31.6 Å². The lowest BCUT2D eigenvalue weighted by Gasteiger charge is -2.09. The Bertz CT molecular complexity index is 1270. The van der Waals surface area contributed by atoms with Crippen LogP contribution in [-0.2, 0) is 11.2 Å². The number of carbonyl (C=O) groups excluding carboxylic acids is 1. The molecule has 4 N–H and O–H groups in total. The van der Waals surface area contributed by atoms with E-state index >= 15 is 0 Å². The molecule has 0 spiro atoms. The minimum Gasteiger partial charge on any atom is -0.497 e. The summed E-state index contributed by atoms with van der Waals surface area (Å²) in [7, 11) is 3.15. The van der Waals surface area contributed by atoms with Gasteiger partial charge in [0.15, 0.2) is 11.6 Å². The van der Waals surface area contributed by atoms with Crippen LogP contribution in [0.3, 0.4) is 0 Å². The monoisotopic (exact) mass is 476 g/mol. The minimum atomic E-state index is 0.0224. The van der Waals surface area contributed by atoms with Crippen LogP contribution in [0.5, 0.6) is 11.6 Å². The molecule has 2 aromatic carbocycles. The minimum absolute atomic E-state index is 0.0224. The quantitative estimate of drug-likeness (QED) is 0.303. The van der Waals surface area contributed by atoms with Crippen molar-refractivity contribution in [1.29, 1.82) is 0 Å². The molecule has 1 aliphatic carbocycles. The van der Waals surface area contributed by atoms with Crippen molar-refractivity contribution in [2.24, 2.45) is 5.92 Å². The standard InChI is InChI=1S/C14H15N5O2.C11H13NO2/c1-21-14-13(15-8-9(16-14)6-7-20)17-12-10-4-2-3-5-11(10)18-19-12;1-14-10-6-4-9(5-7-10)12-11(13)8-2-3-8/h2-5,8,20H,6-7H2,1H3,(H2,15,17,18,19);4-8H,2-3H2,1H3,(H,12,13). The molecule has 35 heavy (non-hydrogen) atoms. The van der Waals surface area contributed by atoms with Crippen molar-refractivity contribution in [2.45, 2.75) is 19.3 Å². The summed E-state index contributed by atoms with van der Waals surface area (Å²) in [6.07, 6.45) is 4.11. The van der Waals surface area contributed by atoms with Crippen molar-refractivity contribution in [2.75, 3.05) is 31.5 Å². The Kier molecular flexibility index (Phi) is 7.74. The van der Waals surface area contributed by atoms with Crippen LogP contribution in [0, 0.1) is 5.92 Å². The number of nitrogens with one attached hydrogen (secondary N) is 3. The number of H-pyrrole nitrogens is 1. The second-order valence-corrected chi connectivity index (χ2v) is 7.93. The molecule has 0 radical (unpaired) electrons. The number of hydrogen-bond acceptors (Lipinski definition) is 8.